The number of hydrogen-bond donors (Lipinski definition) is 1. The van der Waals surface area contributed by atoms with Crippen LogP contribution in [0.4, 0.5) is 5.69 Å². The second-order valence-electron chi connectivity index (χ2n) is 10.9. The molecule has 2 aromatic rings. The number of amides is 1. The molecule has 2 aromatic carbocycles. The van der Waals surface area contributed by atoms with Gasteiger partial charge < -0.3 is 9.64 Å². The number of nitrogens with zero attached hydrogens (tertiary/aromatic N) is 1. The van der Waals surface area contributed by atoms with Gasteiger partial charge in [-0.15, -0.1) is 0 Å². The molecule has 192 valence electrons. The van der Waals surface area contributed by atoms with E-state index >= 15 is 0 Å². The zero-order valence-electron chi connectivity index (χ0n) is 20.8. The van der Waals surface area contributed by atoms with E-state index in [0.29, 0.717) is 18.1 Å². The Morgan fingerprint density at radius 3 is 2.86 bits per heavy atom. The average Bonchev–Trinajstić information content (AvgIpc) is 3.02. The molecule has 0 radical (unpaired) electrons. The van der Waals surface area contributed by atoms with E-state index in [1.54, 1.807) is 0 Å². The Balaban J connectivity index is 1.37. The summed E-state index contributed by atoms with van der Waals surface area (Å²) in [6.07, 6.45) is 9.62. The van der Waals surface area contributed by atoms with Gasteiger partial charge in [-0.05, 0) is 98.1 Å². The summed E-state index contributed by atoms with van der Waals surface area (Å²) in [4.78, 5) is 15.6. The summed E-state index contributed by atoms with van der Waals surface area (Å²) in [7, 11) is 0. The van der Waals surface area contributed by atoms with Crippen molar-refractivity contribution in [1.82, 2.24) is 4.72 Å². The third-order valence-corrected chi connectivity index (χ3v) is 11.1. The van der Waals surface area contributed by atoms with Crippen LogP contribution in [0, 0.1) is 5.92 Å². The van der Waals surface area contributed by atoms with Crippen molar-refractivity contribution in [2.24, 2.45) is 5.92 Å². The summed E-state index contributed by atoms with van der Waals surface area (Å²) in [5.41, 5.74) is 4.49. The number of fused-ring (bicyclic) bond motifs is 4. The molecule has 1 spiro atoms. The van der Waals surface area contributed by atoms with Gasteiger partial charge >= 0.3 is 0 Å². The van der Waals surface area contributed by atoms with Crippen molar-refractivity contribution < 1.29 is 9.53 Å². The Kier molecular flexibility index (Phi) is 7.38. The molecule has 1 amide bonds. The maximum atomic E-state index is 13.0. The zero-order valence-corrected chi connectivity index (χ0v) is 23.2. The van der Waals surface area contributed by atoms with Crippen LogP contribution in [0.25, 0.3) is 0 Å². The minimum Gasteiger partial charge on any atom is -0.490 e. The molecule has 4 aliphatic rings. The third-order valence-electron chi connectivity index (χ3n) is 8.49. The fourth-order valence-corrected chi connectivity index (χ4v) is 8.73. The summed E-state index contributed by atoms with van der Waals surface area (Å²) < 4.78 is 9.65. The molecule has 36 heavy (non-hydrogen) atoms. The van der Waals surface area contributed by atoms with Gasteiger partial charge in [-0.1, -0.05) is 36.0 Å². The van der Waals surface area contributed by atoms with Gasteiger partial charge in [0.25, 0.3) is 5.91 Å². The van der Waals surface area contributed by atoms with E-state index < -0.39 is 0 Å². The molecule has 6 rings (SSSR count). The van der Waals surface area contributed by atoms with Crippen LogP contribution in [-0.4, -0.2) is 42.4 Å². The summed E-state index contributed by atoms with van der Waals surface area (Å²) >= 11 is 10.1. The molecule has 0 unspecified atom stereocenters. The highest BCUT2D eigenvalue weighted by atomic mass is 35.5. The molecule has 1 N–H and O–H groups in total. The molecule has 1 saturated carbocycles. The van der Waals surface area contributed by atoms with Crippen LogP contribution in [0.2, 0.25) is 5.02 Å². The number of carbonyl (C=O) groups is 1. The van der Waals surface area contributed by atoms with Gasteiger partial charge in [-0.2, -0.15) is 11.8 Å². The van der Waals surface area contributed by atoms with Crippen molar-refractivity contribution in [2.75, 3.05) is 36.1 Å². The number of halogens is 1. The number of ether oxygens (including phenoxy) is 1. The quantitative estimate of drug-likeness (QED) is 0.367. The Hall–Kier alpha value is -1.50. The maximum Gasteiger partial charge on any atom is 0.261 e. The predicted molar refractivity (Wildman–Crippen MR) is 153 cm³/mol. The zero-order chi connectivity index (χ0) is 24.5. The van der Waals surface area contributed by atoms with Gasteiger partial charge in [0.05, 0.1) is 12.3 Å². The Labute approximate surface area is 228 Å². The molecule has 7 heteroatoms. The van der Waals surface area contributed by atoms with Crippen molar-refractivity contribution in [3.05, 3.63) is 58.1 Å². The van der Waals surface area contributed by atoms with E-state index in [-0.39, 0.29) is 11.3 Å². The number of anilines is 1. The second kappa shape index (κ2) is 10.7. The van der Waals surface area contributed by atoms with E-state index in [4.69, 9.17) is 16.3 Å². The number of rotatable bonds is 0. The van der Waals surface area contributed by atoms with Crippen LogP contribution >= 0.6 is 35.3 Å². The minimum atomic E-state index is -0.0668. The Morgan fingerprint density at radius 2 is 1.97 bits per heavy atom. The number of thioether (sulfide) groups is 1. The fraction of sp³-hybridized carbons (Fsp3) is 0.552. The Morgan fingerprint density at radius 1 is 1.06 bits per heavy atom. The first kappa shape index (κ1) is 24.8. The van der Waals surface area contributed by atoms with Crippen LogP contribution in [0.5, 0.6) is 5.75 Å². The van der Waals surface area contributed by atoms with Gasteiger partial charge in [-0.25, -0.2) is 0 Å². The predicted octanol–water partition coefficient (Wildman–Crippen LogP) is 6.89. The van der Waals surface area contributed by atoms with E-state index in [1.165, 1.54) is 54.5 Å². The van der Waals surface area contributed by atoms with E-state index in [9.17, 15) is 4.79 Å². The van der Waals surface area contributed by atoms with Gasteiger partial charge in [-0.3, -0.25) is 9.52 Å². The van der Waals surface area contributed by atoms with Crippen molar-refractivity contribution in [3.63, 3.8) is 0 Å². The number of aryl methyl sites for hydroxylation is 1. The first-order valence-corrected chi connectivity index (χ1v) is 15.9. The van der Waals surface area contributed by atoms with Crippen LogP contribution in [0.3, 0.4) is 0 Å². The minimum absolute atomic E-state index is 0.0106. The first-order valence-electron chi connectivity index (χ1n) is 13.5. The molecule has 2 aliphatic carbocycles. The van der Waals surface area contributed by atoms with Gasteiger partial charge in [0.2, 0.25) is 0 Å². The fourth-order valence-electron chi connectivity index (χ4n) is 6.37. The van der Waals surface area contributed by atoms with E-state index in [0.717, 1.165) is 66.2 Å². The van der Waals surface area contributed by atoms with Crippen LogP contribution in [0.15, 0.2) is 36.4 Å². The molecule has 0 saturated heterocycles. The molecular formula is C29H35ClN2O2S2. The monoisotopic (exact) mass is 542 g/mol. The molecule has 4 nitrogen and oxygen atoms in total. The second-order valence-corrected chi connectivity index (χ2v) is 13.6. The third kappa shape index (κ3) is 4.98. The number of hydrogen-bond acceptors (Lipinski definition) is 5. The van der Waals surface area contributed by atoms with Crippen molar-refractivity contribution in [3.8, 4) is 5.75 Å². The highest BCUT2D eigenvalue weighted by Gasteiger charge is 2.43. The SMILES string of the molecule is O=C1NSCCCCCS[C@@H]2CC[C@H]2CN2C[C@@]3(CCCc4cc(Cl)ccc43)COc3ccc1cc32. The topological polar surface area (TPSA) is 41.6 Å². The maximum absolute atomic E-state index is 13.0. The van der Waals surface area contributed by atoms with E-state index in [1.807, 2.05) is 18.2 Å². The highest BCUT2D eigenvalue weighted by molar-refractivity contribution is 8.00. The van der Waals surface area contributed by atoms with Gasteiger partial charge in [0.1, 0.15) is 5.75 Å². The molecular weight excluding hydrogens is 508 g/mol. The lowest BCUT2D eigenvalue weighted by atomic mass is 9.70. The first-order chi connectivity index (χ1) is 17.6. The average molecular weight is 543 g/mol. The van der Waals surface area contributed by atoms with Gasteiger partial charge in [0.15, 0.2) is 0 Å². The molecule has 0 aromatic heterocycles. The molecule has 2 bridgehead atoms. The summed E-state index contributed by atoms with van der Waals surface area (Å²) in [6.45, 7) is 2.61. The molecule has 3 atom stereocenters. The highest BCUT2D eigenvalue weighted by Crippen LogP contribution is 2.46. The number of carbonyl (C=O) groups excluding carboxylic acids is 1. The summed E-state index contributed by atoms with van der Waals surface area (Å²) in [6, 6.07) is 12.4. The largest absolute Gasteiger partial charge is 0.490 e. The van der Waals surface area contributed by atoms with Gasteiger partial charge in [0, 0.05) is 40.1 Å². The standard InChI is InChI=1S/C29H35ClN2O2S2/c30-23-8-9-24-20(15-23)5-4-12-29(24)18-32-17-22-7-11-27(22)35-13-2-1-3-14-36-31-28(33)21-6-10-26(34-19-29)25(32)16-21/h6,8-10,15-16,22,27H,1-5,7,11-14,17-19H2,(H,31,33)/t22-,27+,29-/m0/s1. The Bertz CT molecular complexity index is 1130. The van der Waals surface area contributed by atoms with Crippen LogP contribution in [-0.2, 0) is 11.8 Å². The smallest absolute Gasteiger partial charge is 0.261 e. The molecule has 2 heterocycles. The summed E-state index contributed by atoms with van der Waals surface area (Å²) in [5, 5.41) is 1.57. The van der Waals surface area contributed by atoms with Crippen LogP contribution in [0.1, 0.15) is 66.4 Å². The lowest BCUT2D eigenvalue weighted by Gasteiger charge is -2.44. The van der Waals surface area contributed by atoms with Crippen molar-refractivity contribution >= 4 is 46.9 Å². The van der Waals surface area contributed by atoms with Crippen LogP contribution < -0.4 is 14.4 Å². The normalized spacial score (nSPS) is 28.7. The van der Waals surface area contributed by atoms with Crippen molar-refractivity contribution in [2.45, 2.75) is 62.0 Å². The van der Waals surface area contributed by atoms with E-state index in [2.05, 4.69) is 39.6 Å². The number of benzene rings is 2. The van der Waals surface area contributed by atoms with Crippen molar-refractivity contribution in [1.29, 1.82) is 0 Å². The molecule has 1 fully saturated rings. The number of nitrogens with one attached hydrogen (secondary N) is 1. The summed E-state index contributed by atoms with van der Waals surface area (Å²) in [5.74, 6) is 3.80. The lowest BCUT2D eigenvalue weighted by Crippen LogP contribution is -2.49. The lowest BCUT2D eigenvalue weighted by molar-refractivity contribution is 0.0984. The molecule has 2 aliphatic heterocycles.